The van der Waals surface area contributed by atoms with Gasteiger partial charge in [-0.05, 0) is 50.9 Å². The molecule has 3 rings (SSSR count). The fraction of sp³-hybridized carbons (Fsp3) is 0.632. The van der Waals surface area contributed by atoms with Crippen molar-refractivity contribution in [1.29, 1.82) is 0 Å². The van der Waals surface area contributed by atoms with Crippen LogP contribution in [0.4, 0.5) is 0 Å². The number of hydrogen-bond acceptors (Lipinski definition) is 2. The number of nitrogens with zero attached hydrogens (tertiary/aromatic N) is 3. The van der Waals surface area contributed by atoms with Crippen LogP contribution in [0.2, 0.25) is 0 Å². The summed E-state index contributed by atoms with van der Waals surface area (Å²) in [5, 5.41) is 0. The maximum absolute atomic E-state index is 5.75. The van der Waals surface area contributed by atoms with Crippen LogP contribution in [0, 0.1) is 0 Å². The maximum atomic E-state index is 5.75. The predicted octanol–water partition coefficient (Wildman–Crippen LogP) is 4.82. The summed E-state index contributed by atoms with van der Waals surface area (Å²) in [6.45, 7) is 4.54. The Morgan fingerprint density at radius 3 is 2.52 bits per heavy atom. The van der Waals surface area contributed by atoms with Crippen LogP contribution in [0.25, 0.3) is 11.0 Å². The zero-order valence-electron chi connectivity index (χ0n) is 14.0. The van der Waals surface area contributed by atoms with Crippen molar-refractivity contribution >= 4 is 22.6 Å². The first kappa shape index (κ1) is 16.8. The van der Waals surface area contributed by atoms with Crippen LogP contribution in [-0.4, -0.2) is 33.4 Å². The molecule has 1 aliphatic rings. The molecule has 0 atom stereocenters. The number of benzene rings is 1. The Morgan fingerprint density at radius 1 is 0.957 bits per heavy atom. The Hall–Kier alpha value is -1.06. The SMILES string of the molecule is ClCCCCCCCn1c(CN2CCCC2)nc2ccccc21. The van der Waals surface area contributed by atoms with Crippen molar-refractivity contribution in [2.75, 3.05) is 19.0 Å². The van der Waals surface area contributed by atoms with E-state index in [1.807, 2.05) is 0 Å². The van der Waals surface area contributed by atoms with Crippen molar-refractivity contribution in [3.05, 3.63) is 30.1 Å². The number of fused-ring (bicyclic) bond motifs is 1. The van der Waals surface area contributed by atoms with E-state index in [0.29, 0.717) is 0 Å². The molecular formula is C19H28ClN3. The topological polar surface area (TPSA) is 21.1 Å². The number of likely N-dealkylation sites (tertiary alicyclic amines) is 1. The molecule has 23 heavy (non-hydrogen) atoms. The highest BCUT2D eigenvalue weighted by Crippen LogP contribution is 2.20. The smallest absolute Gasteiger partial charge is 0.124 e. The monoisotopic (exact) mass is 333 g/mol. The number of rotatable bonds is 9. The largest absolute Gasteiger partial charge is 0.327 e. The average Bonchev–Trinajstić information content (AvgIpc) is 3.19. The molecule has 1 aromatic carbocycles. The minimum absolute atomic E-state index is 0.798. The standard InChI is InChI=1S/C19H28ClN3/c20-12-6-2-1-3-7-15-23-18-11-5-4-10-17(18)21-19(23)16-22-13-8-9-14-22/h4-5,10-11H,1-3,6-9,12-16H2. The molecule has 0 bridgehead atoms. The summed E-state index contributed by atoms with van der Waals surface area (Å²) in [5.41, 5.74) is 2.44. The Morgan fingerprint density at radius 2 is 1.70 bits per heavy atom. The highest BCUT2D eigenvalue weighted by atomic mass is 35.5. The zero-order chi connectivity index (χ0) is 15.9. The van der Waals surface area contributed by atoms with Gasteiger partial charge in [-0.25, -0.2) is 4.98 Å². The summed E-state index contributed by atoms with van der Waals surface area (Å²) in [5.74, 6) is 2.04. The number of alkyl halides is 1. The van der Waals surface area contributed by atoms with Gasteiger partial charge in [-0.1, -0.05) is 31.4 Å². The average molecular weight is 334 g/mol. The molecule has 0 unspecified atom stereocenters. The molecule has 4 heteroatoms. The van der Waals surface area contributed by atoms with E-state index in [9.17, 15) is 0 Å². The first-order valence-electron chi connectivity index (χ1n) is 9.11. The van der Waals surface area contributed by atoms with E-state index in [-0.39, 0.29) is 0 Å². The van der Waals surface area contributed by atoms with Gasteiger partial charge in [-0.3, -0.25) is 4.90 Å². The predicted molar refractivity (Wildman–Crippen MR) is 98.0 cm³/mol. The molecule has 1 aliphatic heterocycles. The number of imidazole rings is 1. The minimum Gasteiger partial charge on any atom is -0.327 e. The van der Waals surface area contributed by atoms with Crippen molar-refractivity contribution in [3.8, 4) is 0 Å². The molecule has 2 aromatic rings. The number of aromatic nitrogens is 2. The first-order valence-corrected chi connectivity index (χ1v) is 9.64. The van der Waals surface area contributed by atoms with Gasteiger partial charge in [-0.2, -0.15) is 0 Å². The number of halogens is 1. The Labute approximate surface area is 144 Å². The Balaban J connectivity index is 1.65. The second-order valence-corrected chi connectivity index (χ2v) is 6.99. The molecule has 1 saturated heterocycles. The first-order chi connectivity index (χ1) is 11.4. The van der Waals surface area contributed by atoms with Crippen molar-refractivity contribution in [2.24, 2.45) is 0 Å². The second-order valence-electron chi connectivity index (χ2n) is 6.61. The lowest BCUT2D eigenvalue weighted by Crippen LogP contribution is -2.21. The van der Waals surface area contributed by atoms with Gasteiger partial charge in [0.1, 0.15) is 5.82 Å². The molecule has 126 valence electrons. The zero-order valence-corrected chi connectivity index (χ0v) is 14.8. The molecule has 1 fully saturated rings. The van der Waals surface area contributed by atoms with Crippen LogP contribution in [0.15, 0.2) is 24.3 Å². The van der Waals surface area contributed by atoms with Crippen LogP contribution >= 0.6 is 11.6 Å². The third kappa shape index (κ3) is 4.48. The van der Waals surface area contributed by atoms with Gasteiger partial charge >= 0.3 is 0 Å². The fourth-order valence-electron chi connectivity index (χ4n) is 3.53. The molecule has 0 radical (unpaired) electrons. The summed E-state index contributed by atoms with van der Waals surface area (Å²) in [6.07, 6.45) is 8.88. The van der Waals surface area contributed by atoms with Gasteiger partial charge in [0, 0.05) is 12.4 Å². The van der Waals surface area contributed by atoms with E-state index >= 15 is 0 Å². The molecule has 3 nitrogen and oxygen atoms in total. The van der Waals surface area contributed by atoms with Crippen LogP contribution in [0.5, 0.6) is 0 Å². The molecule has 0 aliphatic carbocycles. The normalized spacial score (nSPS) is 15.7. The number of aryl methyl sites for hydroxylation is 1. The van der Waals surface area contributed by atoms with Crippen LogP contribution in [0.1, 0.15) is 50.8 Å². The second kappa shape index (κ2) is 8.70. The lowest BCUT2D eigenvalue weighted by Gasteiger charge is -2.16. The lowest BCUT2D eigenvalue weighted by molar-refractivity contribution is 0.316. The van der Waals surface area contributed by atoms with E-state index in [0.717, 1.165) is 30.9 Å². The molecule has 0 amide bonds. The molecule has 2 heterocycles. The highest BCUT2D eigenvalue weighted by molar-refractivity contribution is 6.17. The third-order valence-corrected chi connectivity index (χ3v) is 5.08. The van der Waals surface area contributed by atoms with Crippen LogP contribution in [-0.2, 0) is 13.1 Å². The number of unbranched alkanes of at least 4 members (excludes halogenated alkanes) is 4. The summed E-state index contributed by atoms with van der Waals surface area (Å²) >= 11 is 5.75. The summed E-state index contributed by atoms with van der Waals surface area (Å²) in [7, 11) is 0. The van der Waals surface area contributed by atoms with Gasteiger partial charge in [0.2, 0.25) is 0 Å². The van der Waals surface area contributed by atoms with Gasteiger partial charge in [0.15, 0.2) is 0 Å². The summed E-state index contributed by atoms with van der Waals surface area (Å²) in [6, 6.07) is 8.56. The van der Waals surface area contributed by atoms with E-state index in [1.54, 1.807) is 0 Å². The number of para-hydroxylation sites is 2. The summed E-state index contributed by atoms with van der Waals surface area (Å²) < 4.78 is 2.45. The van der Waals surface area contributed by atoms with Crippen molar-refractivity contribution in [3.63, 3.8) is 0 Å². The third-order valence-electron chi connectivity index (χ3n) is 4.81. The van der Waals surface area contributed by atoms with Crippen molar-refractivity contribution < 1.29 is 0 Å². The van der Waals surface area contributed by atoms with Crippen molar-refractivity contribution in [1.82, 2.24) is 14.5 Å². The van der Waals surface area contributed by atoms with Gasteiger partial charge in [0.25, 0.3) is 0 Å². The quantitative estimate of drug-likeness (QED) is 0.484. The van der Waals surface area contributed by atoms with Crippen LogP contribution < -0.4 is 0 Å². The fourth-order valence-corrected chi connectivity index (χ4v) is 3.72. The summed E-state index contributed by atoms with van der Waals surface area (Å²) in [4.78, 5) is 7.45. The Bertz CT molecular complexity index is 602. The maximum Gasteiger partial charge on any atom is 0.124 e. The molecule has 0 saturated carbocycles. The van der Waals surface area contributed by atoms with Crippen molar-refractivity contribution in [2.45, 2.75) is 58.0 Å². The lowest BCUT2D eigenvalue weighted by atomic mass is 10.1. The van der Waals surface area contributed by atoms with E-state index in [1.165, 1.54) is 63.0 Å². The molecule has 0 spiro atoms. The molecule has 1 aromatic heterocycles. The van der Waals surface area contributed by atoms with Gasteiger partial charge < -0.3 is 4.57 Å². The van der Waals surface area contributed by atoms with Gasteiger partial charge in [-0.15, -0.1) is 11.6 Å². The molecule has 0 N–H and O–H groups in total. The Kier molecular flexibility index (Phi) is 6.35. The van der Waals surface area contributed by atoms with Gasteiger partial charge in [0.05, 0.1) is 17.6 Å². The van der Waals surface area contributed by atoms with E-state index in [4.69, 9.17) is 16.6 Å². The highest BCUT2D eigenvalue weighted by Gasteiger charge is 2.16. The molecular weight excluding hydrogens is 306 g/mol. The van der Waals surface area contributed by atoms with Crippen LogP contribution in [0.3, 0.4) is 0 Å². The number of hydrogen-bond donors (Lipinski definition) is 0. The van der Waals surface area contributed by atoms with E-state index in [2.05, 4.69) is 33.7 Å². The van der Waals surface area contributed by atoms with E-state index < -0.39 is 0 Å². The minimum atomic E-state index is 0.798.